The molecule has 3 N–H and O–H groups in total. The van der Waals surface area contributed by atoms with E-state index >= 15 is 0 Å². The van der Waals surface area contributed by atoms with Gasteiger partial charge in [-0.2, -0.15) is 0 Å². The van der Waals surface area contributed by atoms with Crippen LogP contribution in [0.4, 0.5) is 4.39 Å². The van der Waals surface area contributed by atoms with E-state index in [0.717, 1.165) is 17.2 Å². The highest BCUT2D eigenvalue weighted by molar-refractivity contribution is 5.96. The van der Waals surface area contributed by atoms with Gasteiger partial charge in [-0.15, -0.1) is 0 Å². The Kier molecular flexibility index (Phi) is 4.57. The zero-order valence-corrected chi connectivity index (χ0v) is 12.8. The summed E-state index contributed by atoms with van der Waals surface area (Å²) in [4.78, 5) is 23.9. The lowest BCUT2D eigenvalue weighted by Crippen LogP contribution is -2.41. The van der Waals surface area contributed by atoms with Crippen molar-refractivity contribution in [1.29, 1.82) is 0 Å². The molecule has 2 aromatic carbocycles. The van der Waals surface area contributed by atoms with E-state index < -0.39 is 29.8 Å². The lowest BCUT2D eigenvalue weighted by atomic mass is 10.1. The number of benzene rings is 2. The number of halogens is 1. The lowest BCUT2D eigenvalue weighted by molar-refractivity contribution is -0.121. The van der Waals surface area contributed by atoms with E-state index in [1.54, 1.807) is 0 Å². The maximum atomic E-state index is 13.1. The third-order valence-corrected chi connectivity index (χ3v) is 4.02. The first-order chi connectivity index (χ1) is 11.5. The van der Waals surface area contributed by atoms with Crippen molar-refractivity contribution in [2.45, 2.75) is 18.6 Å². The third kappa shape index (κ3) is 3.44. The molecule has 0 heterocycles. The number of aliphatic hydroxyl groups excluding tert-OH is 1. The quantitative estimate of drug-likeness (QED) is 0.792. The molecule has 0 aliphatic heterocycles. The summed E-state index contributed by atoms with van der Waals surface area (Å²) >= 11 is 0. The van der Waals surface area contributed by atoms with Gasteiger partial charge in [0.15, 0.2) is 0 Å². The van der Waals surface area contributed by atoms with Crippen molar-refractivity contribution in [3.8, 4) is 0 Å². The molecule has 0 saturated carbocycles. The average molecular weight is 328 g/mol. The average Bonchev–Trinajstić information content (AvgIpc) is 2.88. The van der Waals surface area contributed by atoms with Crippen LogP contribution in [0.5, 0.6) is 0 Å². The second-order valence-corrected chi connectivity index (χ2v) is 5.71. The van der Waals surface area contributed by atoms with E-state index in [9.17, 15) is 19.1 Å². The number of nitrogens with one attached hydrogen (secondary N) is 2. The molecule has 124 valence electrons. The van der Waals surface area contributed by atoms with Crippen LogP contribution in [-0.4, -0.2) is 29.6 Å². The molecule has 0 unspecified atom stereocenters. The molecular formula is C18H17FN2O3. The van der Waals surface area contributed by atoms with E-state index in [4.69, 9.17) is 0 Å². The highest BCUT2D eigenvalue weighted by atomic mass is 19.1. The van der Waals surface area contributed by atoms with Gasteiger partial charge in [-0.3, -0.25) is 9.59 Å². The van der Waals surface area contributed by atoms with E-state index in [-0.39, 0.29) is 12.1 Å². The standard InChI is InChI=1S/C18H17FN2O3/c19-13-6-3-5-12(8-13)18(24)20-10-16(23)21-17-14-7-2-1-4-11(14)9-15(17)22/h1-8,15,17,22H,9-10H2,(H,20,24)(H,21,23)/t15-,17+/m1/s1. The number of hydrogen-bond donors (Lipinski definition) is 3. The molecule has 1 aliphatic carbocycles. The van der Waals surface area contributed by atoms with Crippen molar-refractivity contribution in [1.82, 2.24) is 10.6 Å². The monoisotopic (exact) mass is 328 g/mol. The molecule has 0 fully saturated rings. The van der Waals surface area contributed by atoms with Gasteiger partial charge in [0.2, 0.25) is 5.91 Å². The second-order valence-electron chi connectivity index (χ2n) is 5.71. The first-order valence-electron chi connectivity index (χ1n) is 7.63. The van der Waals surface area contributed by atoms with E-state index in [1.165, 1.54) is 18.2 Å². The summed E-state index contributed by atoms with van der Waals surface area (Å²) in [5.41, 5.74) is 2.03. The van der Waals surface area contributed by atoms with Crippen LogP contribution in [0.3, 0.4) is 0 Å². The van der Waals surface area contributed by atoms with Crippen LogP contribution in [0.2, 0.25) is 0 Å². The Morgan fingerprint density at radius 2 is 1.96 bits per heavy atom. The van der Waals surface area contributed by atoms with Crippen LogP contribution < -0.4 is 10.6 Å². The van der Waals surface area contributed by atoms with Gasteiger partial charge < -0.3 is 15.7 Å². The third-order valence-electron chi connectivity index (χ3n) is 4.02. The summed E-state index contributed by atoms with van der Waals surface area (Å²) in [5.74, 6) is -1.46. The summed E-state index contributed by atoms with van der Waals surface area (Å²) in [6.07, 6.45) is -0.207. The van der Waals surface area contributed by atoms with Crippen LogP contribution in [0, 0.1) is 5.82 Å². The SMILES string of the molecule is O=C(CNC(=O)c1cccc(F)c1)N[C@H]1c2ccccc2C[C@H]1O. The van der Waals surface area contributed by atoms with Gasteiger partial charge in [-0.05, 0) is 29.3 Å². The Bertz CT molecular complexity index is 778. The summed E-state index contributed by atoms with van der Waals surface area (Å²) in [5, 5.41) is 15.3. The zero-order chi connectivity index (χ0) is 17.1. The van der Waals surface area contributed by atoms with Gasteiger partial charge in [0.1, 0.15) is 5.82 Å². The van der Waals surface area contributed by atoms with Gasteiger partial charge in [0.05, 0.1) is 18.7 Å². The highest BCUT2D eigenvalue weighted by Crippen LogP contribution is 2.30. The Hall–Kier alpha value is -2.73. The molecule has 2 aromatic rings. The molecule has 2 amide bonds. The van der Waals surface area contributed by atoms with Crippen molar-refractivity contribution in [2.75, 3.05) is 6.54 Å². The summed E-state index contributed by atoms with van der Waals surface area (Å²) in [6, 6.07) is 12.3. The number of carbonyl (C=O) groups excluding carboxylic acids is 2. The van der Waals surface area contributed by atoms with Crippen molar-refractivity contribution in [2.24, 2.45) is 0 Å². The largest absolute Gasteiger partial charge is 0.390 e. The highest BCUT2D eigenvalue weighted by Gasteiger charge is 2.31. The van der Waals surface area contributed by atoms with E-state index in [2.05, 4.69) is 10.6 Å². The Morgan fingerprint density at radius 1 is 1.17 bits per heavy atom. The first-order valence-corrected chi connectivity index (χ1v) is 7.63. The van der Waals surface area contributed by atoms with Crippen LogP contribution in [0.15, 0.2) is 48.5 Å². The van der Waals surface area contributed by atoms with Crippen molar-refractivity contribution >= 4 is 11.8 Å². The van der Waals surface area contributed by atoms with Crippen LogP contribution in [-0.2, 0) is 11.2 Å². The van der Waals surface area contributed by atoms with E-state index in [1.807, 2.05) is 24.3 Å². The molecular weight excluding hydrogens is 311 g/mol. The van der Waals surface area contributed by atoms with Gasteiger partial charge in [0.25, 0.3) is 5.91 Å². The number of hydrogen-bond acceptors (Lipinski definition) is 3. The number of aliphatic hydroxyl groups is 1. The van der Waals surface area contributed by atoms with Gasteiger partial charge >= 0.3 is 0 Å². The lowest BCUT2D eigenvalue weighted by Gasteiger charge is -2.18. The Morgan fingerprint density at radius 3 is 2.75 bits per heavy atom. The predicted octanol–water partition coefficient (Wildman–Crippen LogP) is 1.33. The van der Waals surface area contributed by atoms with Gasteiger partial charge in [-0.25, -0.2) is 4.39 Å². The second kappa shape index (κ2) is 6.80. The zero-order valence-electron chi connectivity index (χ0n) is 12.8. The predicted molar refractivity (Wildman–Crippen MR) is 85.8 cm³/mol. The number of amides is 2. The minimum absolute atomic E-state index is 0.147. The topological polar surface area (TPSA) is 78.4 Å². The number of rotatable bonds is 4. The summed E-state index contributed by atoms with van der Waals surface area (Å²) in [7, 11) is 0. The molecule has 6 heteroatoms. The van der Waals surface area contributed by atoms with Crippen LogP contribution in [0.1, 0.15) is 27.5 Å². The summed E-state index contributed by atoms with van der Waals surface area (Å²) in [6.45, 7) is -0.249. The molecule has 3 rings (SSSR count). The fourth-order valence-corrected chi connectivity index (χ4v) is 2.86. The maximum Gasteiger partial charge on any atom is 0.251 e. The normalized spacial score (nSPS) is 18.8. The smallest absolute Gasteiger partial charge is 0.251 e. The van der Waals surface area contributed by atoms with Gasteiger partial charge in [-0.1, -0.05) is 30.3 Å². The maximum absolute atomic E-state index is 13.1. The molecule has 0 aromatic heterocycles. The minimum Gasteiger partial charge on any atom is -0.390 e. The van der Waals surface area contributed by atoms with Crippen molar-refractivity contribution in [3.05, 3.63) is 71.0 Å². The molecule has 0 spiro atoms. The fraction of sp³-hybridized carbons (Fsp3) is 0.222. The van der Waals surface area contributed by atoms with Crippen molar-refractivity contribution < 1.29 is 19.1 Å². The molecule has 5 nitrogen and oxygen atoms in total. The van der Waals surface area contributed by atoms with Gasteiger partial charge in [0, 0.05) is 12.0 Å². The first kappa shape index (κ1) is 16.1. The summed E-state index contributed by atoms with van der Waals surface area (Å²) < 4.78 is 13.1. The fourth-order valence-electron chi connectivity index (χ4n) is 2.86. The molecule has 0 bridgehead atoms. The van der Waals surface area contributed by atoms with Crippen molar-refractivity contribution in [3.63, 3.8) is 0 Å². The molecule has 1 aliphatic rings. The molecule has 0 radical (unpaired) electrons. The number of fused-ring (bicyclic) bond motifs is 1. The Labute approximate surface area is 138 Å². The molecule has 0 saturated heterocycles. The number of carbonyl (C=O) groups is 2. The Balaban J connectivity index is 1.57. The minimum atomic E-state index is -0.690. The van der Waals surface area contributed by atoms with Crippen LogP contribution >= 0.6 is 0 Å². The molecule has 2 atom stereocenters. The van der Waals surface area contributed by atoms with Crippen LogP contribution in [0.25, 0.3) is 0 Å². The molecule has 24 heavy (non-hydrogen) atoms. The van der Waals surface area contributed by atoms with E-state index in [0.29, 0.717) is 6.42 Å².